The number of rotatable bonds is 8. The molecular weight excluding hydrogens is 224 g/mol. The normalized spacial score (nSPS) is 20.3. The van der Waals surface area contributed by atoms with Crippen LogP contribution in [0.3, 0.4) is 0 Å². The molecule has 3 nitrogen and oxygen atoms in total. The Morgan fingerprint density at radius 2 is 2.06 bits per heavy atom. The van der Waals surface area contributed by atoms with Crippen molar-refractivity contribution in [3.8, 4) is 6.07 Å². The average molecular weight is 252 g/mol. The fraction of sp³-hybridized carbons (Fsp3) is 0.933. The molecule has 1 unspecified atom stereocenters. The summed E-state index contributed by atoms with van der Waals surface area (Å²) in [5.74, 6) is 0. The van der Waals surface area contributed by atoms with Crippen LogP contribution < -0.4 is 5.32 Å². The Morgan fingerprint density at radius 1 is 1.33 bits per heavy atom. The summed E-state index contributed by atoms with van der Waals surface area (Å²) in [5, 5.41) is 12.5. The van der Waals surface area contributed by atoms with Gasteiger partial charge in [0.2, 0.25) is 0 Å². The summed E-state index contributed by atoms with van der Waals surface area (Å²) in [4.78, 5) is 0. The van der Waals surface area contributed by atoms with Gasteiger partial charge in [0.15, 0.2) is 0 Å². The molecule has 0 spiro atoms. The number of hydrogen-bond donors (Lipinski definition) is 1. The van der Waals surface area contributed by atoms with Crippen LogP contribution in [0.15, 0.2) is 0 Å². The number of ether oxygens (including phenoxy) is 1. The summed E-state index contributed by atoms with van der Waals surface area (Å²) in [7, 11) is 0. The van der Waals surface area contributed by atoms with Crippen LogP contribution in [-0.4, -0.2) is 24.8 Å². The maximum atomic E-state index is 9.21. The quantitative estimate of drug-likeness (QED) is 0.673. The Balaban J connectivity index is 2.13. The van der Waals surface area contributed by atoms with Gasteiger partial charge in [0.25, 0.3) is 0 Å². The maximum absolute atomic E-state index is 9.21. The molecule has 0 saturated heterocycles. The molecule has 1 aliphatic carbocycles. The number of nitriles is 1. The van der Waals surface area contributed by atoms with Gasteiger partial charge in [-0.1, -0.05) is 26.2 Å². The van der Waals surface area contributed by atoms with Crippen molar-refractivity contribution in [3.05, 3.63) is 0 Å². The van der Waals surface area contributed by atoms with Gasteiger partial charge in [0, 0.05) is 6.61 Å². The molecule has 0 aromatic heterocycles. The zero-order valence-electron chi connectivity index (χ0n) is 12.0. The molecule has 0 aromatic rings. The van der Waals surface area contributed by atoms with Gasteiger partial charge in [-0.25, -0.2) is 0 Å². The van der Waals surface area contributed by atoms with Crippen molar-refractivity contribution in [3.63, 3.8) is 0 Å². The lowest BCUT2D eigenvalue weighted by Crippen LogP contribution is -2.41. The first-order valence-electron chi connectivity index (χ1n) is 7.48. The van der Waals surface area contributed by atoms with Crippen molar-refractivity contribution < 1.29 is 4.74 Å². The highest BCUT2D eigenvalue weighted by atomic mass is 16.5. The van der Waals surface area contributed by atoms with Crippen LogP contribution in [0.1, 0.15) is 65.2 Å². The Hall–Kier alpha value is -0.590. The van der Waals surface area contributed by atoms with E-state index in [9.17, 15) is 5.26 Å². The van der Waals surface area contributed by atoms with E-state index in [1.54, 1.807) is 0 Å². The molecule has 0 radical (unpaired) electrons. The van der Waals surface area contributed by atoms with Gasteiger partial charge in [0.1, 0.15) is 5.54 Å². The minimum atomic E-state index is -0.383. The van der Waals surface area contributed by atoms with Crippen LogP contribution in [0.25, 0.3) is 0 Å². The summed E-state index contributed by atoms with van der Waals surface area (Å²) in [6.07, 6.45) is 9.84. The molecule has 1 aliphatic rings. The van der Waals surface area contributed by atoms with E-state index in [0.717, 1.165) is 32.4 Å². The highest BCUT2D eigenvalue weighted by Crippen LogP contribution is 2.21. The topological polar surface area (TPSA) is 45.0 Å². The van der Waals surface area contributed by atoms with Crippen LogP contribution in [0.2, 0.25) is 0 Å². The van der Waals surface area contributed by atoms with Crippen molar-refractivity contribution in [2.75, 3.05) is 13.2 Å². The summed E-state index contributed by atoms with van der Waals surface area (Å²) in [5.41, 5.74) is -0.383. The zero-order chi connectivity index (χ0) is 13.3. The first-order valence-corrected chi connectivity index (χ1v) is 7.48. The minimum Gasteiger partial charge on any atom is -0.378 e. The van der Waals surface area contributed by atoms with Crippen molar-refractivity contribution >= 4 is 0 Å². The van der Waals surface area contributed by atoms with E-state index < -0.39 is 0 Å². The lowest BCUT2D eigenvalue weighted by Gasteiger charge is -2.25. The standard InChI is InChI=1S/C15H28N2O/c1-3-11-17-15(2,13-16)10-7-12-18-14-8-5-4-6-9-14/h14,17H,3-12H2,1-2H3. The third-order valence-corrected chi connectivity index (χ3v) is 3.74. The molecule has 18 heavy (non-hydrogen) atoms. The van der Waals surface area contributed by atoms with Gasteiger partial charge in [-0.3, -0.25) is 5.32 Å². The van der Waals surface area contributed by atoms with Crippen LogP contribution >= 0.6 is 0 Å². The van der Waals surface area contributed by atoms with Gasteiger partial charge in [-0.2, -0.15) is 5.26 Å². The van der Waals surface area contributed by atoms with Crippen LogP contribution in [0, 0.1) is 11.3 Å². The number of hydrogen-bond acceptors (Lipinski definition) is 3. The lowest BCUT2D eigenvalue weighted by molar-refractivity contribution is 0.0248. The summed E-state index contributed by atoms with van der Waals surface area (Å²) < 4.78 is 5.89. The van der Waals surface area contributed by atoms with E-state index in [4.69, 9.17) is 4.74 Å². The molecule has 0 aliphatic heterocycles. The summed E-state index contributed by atoms with van der Waals surface area (Å²) in [6.45, 7) is 5.82. The fourth-order valence-corrected chi connectivity index (χ4v) is 2.49. The highest BCUT2D eigenvalue weighted by molar-refractivity contribution is 5.03. The minimum absolute atomic E-state index is 0.383. The number of nitrogens with zero attached hydrogens (tertiary/aromatic N) is 1. The molecule has 1 atom stereocenters. The predicted octanol–water partition coefficient (Wildman–Crippen LogP) is 3.40. The van der Waals surface area contributed by atoms with Crippen molar-refractivity contribution in [2.24, 2.45) is 0 Å². The summed E-state index contributed by atoms with van der Waals surface area (Å²) >= 11 is 0. The molecule has 1 saturated carbocycles. The first kappa shape index (κ1) is 15.5. The second-order valence-corrected chi connectivity index (χ2v) is 5.61. The van der Waals surface area contributed by atoms with Gasteiger partial charge in [-0.05, 0) is 45.6 Å². The van der Waals surface area contributed by atoms with E-state index in [0.29, 0.717) is 6.10 Å². The molecule has 0 heterocycles. The summed E-state index contributed by atoms with van der Waals surface area (Å²) in [6, 6.07) is 2.39. The SMILES string of the molecule is CCCNC(C)(C#N)CCCOC1CCCCC1. The highest BCUT2D eigenvalue weighted by Gasteiger charge is 2.22. The van der Waals surface area contributed by atoms with Gasteiger partial charge in [-0.15, -0.1) is 0 Å². The lowest BCUT2D eigenvalue weighted by atomic mass is 9.97. The van der Waals surface area contributed by atoms with E-state index in [2.05, 4.69) is 18.3 Å². The van der Waals surface area contributed by atoms with Crippen molar-refractivity contribution in [1.82, 2.24) is 5.32 Å². The Bertz CT molecular complexity index is 256. The predicted molar refractivity (Wildman–Crippen MR) is 74.4 cm³/mol. The Kier molecular flexibility index (Phi) is 7.31. The molecule has 0 aromatic carbocycles. The fourth-order valence-electron chi connectivity index (χ4n) is 2.49. The third-order valence-electron chi connectivity index (χ3n) is 3.74. The Labute approximate surface area is 112 Å². The molecule has 1 fully saturated rings. The molecule has 1 N–H and O–H groups in total. The second kappa shape index (κ2) is 8.50. The van der Waals surface area contributed by atoms with Gasteiger partial charge >= 0.3 is 0 Å². The molecule has 3 heteroatoms. The van der Waals surface area contributed by atoms with Crippen LogP contribution in [-0.2, 0) is 4.74 Å². The van der Waals surface area contributed by atoms with E-state index in [-0.39, 0.29) is 5.54 Å². The van der Waals surface area contributed by atoms with Crippen LogP contribution in [0.4, 0.5) is 0 Å². The van der Waals surface area contributed by atoms with E-state index in [1.165, 1.54) is 32.1 Å². The number of nitrogens with one attached hydrogen (secondary N) is 1. The van der Waals surface area contributed by atoms with Crippen molar-refractivity contribution in [1.29, 1.82) is 5.26 Å². The molecule has 104 valence electrons. The van der Waals surface area contributed by atoms with E-state index >= 15 is 0 Å². The molecule has 0 amide bonds. The molecule has 1 rings (SSSR count). The third kappa shape index (κ3) is 5.84. The molecule has 0 bridgehead atoms. The van der Waals surface area contributed by atoms with Crippen molar-refractivity contribution in [2.45, 2.75) is 76.9 Å². The van der Waals surface area contributed by atoms with Crippen LogP contribution in [0.5, 0.6) is 0 Å². The maximum Gasteiger partial charge on any atom is 0.104 e. The van der Waals surface area contributed by atoms with E-state index in [1.807, 2.05) is 6.92 Å². The Morgan fingerprint density at radius 3 is 2.67 bits per heavy atom. The average Bonchev–Trinajstić information content (AvgIpc) is 2.43. The first-order chi connectivity index (χ1) is 8.70. The monoisotopic (exact) mass is 252 g/mol. The smallest absolute Gasteiger partial charge is 0.104 e. The second-order valence-electron chi connectivity index (χ2n) is 5.61. The molecular formula is C15H28N2O. The largest absolute Gasteiger partial charge is 0.378 e. The van der Waals surface area contributed by atoms with Gasteiger partial charge < -0.3 is 4.74 Å². The van der Waals surface area contributed by atoms with Gasteiger partial charge in [0.05, 0.1) is 12.2 Å². The zero-order valence-corrected chi connectivity index (χ0v) is 12.0.